The van der Waals surface area contributed by atoms with Crippen LogP contribution in [0.3, 0.4) is 0 Å². The van der Waals surface area contributed by atoms with Gasteiger partial charge in [0.1, 0.15) is 0 Å². The summed E-state index contributed by atoms with van der Waals surface area (Å²) < 4.78 is 0. The molecule has 0 aromatic carbocycles. The van der Waals surface area contributed by atoms with Crippen LogP contribution in [0.25, 0.3) is 0 Å². The van der Waals surface area contributed by atoms with Crippen molar-refractivity contribution in [2.75, 3.05) is 7.05 Å². The molecule has 0 aromatic rings. The standard InChI is InChI=1S/C11H19NO/c1-5-10(8-9(2)3)6-7-11(13)12-4/h5,8H,6-7H2,1-4H3,(H,12,13). The monoisotopic (exact) mass is 181 g/mol. The fraction of sp³-hybridized carbons (Fsp3) is 0.545. The van der Waals surface area contributed by atoms with Crippen LogP contribution in [0.1, 0.15) is 33.6 Å². The Bertz CT molecular complexity index is 222. The first kappa shape index (κ1) is 11.9. The lowest BCUT2D eigenvalue weighted by Crippen LogP contribution is -2.17. The molecule has 0 atom stereocenters. The van der Waals surface area contributed by atoms with Crippen LogP contribution in [0.15, 0.2) is 23.3 Å². The Morgan fingerprint density at radius 1 is 1.31 bits per heavy atom. The van der Waals surface area contributed by atoms with E-state index in [1.807, 2.05) is 6.92 Å². The summed E-state index contributed by atoms with van der Waals surface area (Å²) in [6.07, 6.45) is 5.56. The second-order valence-corrected chi connectivity index (χ2v) is 3.26. The minimum atomic E-state index is 0.0986. The summed E-state index contributed by atoms with van der Waals surface area (Å²) in [5.41, 5.74) is 2.49. The van der Waals surface area contributed by atoms with Gasteiger partial charge in [0.2, 0.25) is 5.91 Å². The van der Waals surface area contributed by atoms with Crippen LogP contribution in [0.4, 0.5) is 0 Å². The summed E-state index contributed by atoms with van der Waals surface area (Å²) in [5.74, 6) is 0.0986. The van der Waals surface area contributed by atoms with E-state index in [4.69, 9.17) is 0 Å². The van der Waals surface area contributed by atoms with E-state index in [2.05, 4.69) is 31.3 Å². The van der Waals surface area contributed by atoms with Gasteiger partial charge in [-0.25, -0.2) is 0 Å². The molecule has 1 amide bonds. The van der Waals surface area contributed by atoms with Crippen LogP contribution < -0.4 is 5.32 Å². The summed E-state index contributed by atoms with van der Waals surface area (Å²) in [6.45, 7) is 6.12. The van der Waals surface area contributed by atoms with E-state index in [9.17, 15) is 4.79 Å². The van der Waals surface area contributed by atoms with Crippen LogP contribution in [0.2, 0.25) is 0 Å². The van der Waals surface area contributed by atoms with Crippen molar-refractivity contribution in [3.8, 4) is 0 Å². The van der Waals surface area contributed by atoms with Crippen LogP contribution in [-0.4, -0.2) is 13.0 Å². The number of rotatable bonds is 4. The Kier molecular flexibility index (Phi) is 5.94. The van der Waals surface area contributed by atoms with Crippen LogP contribution in [0.5, 0.6) is 0 Å². The number of hydrogen-bond donors (Lipinski definition) is 1. The second-order valence-electron chi connectivity index (χ2n) is 3.26. The van der Waals surface area contributed by atoms with Crippen LogP contribution in [-0.2, 0) is 4.79 Å². The van der Waals surface area contributed by atoms with Crippen molar-refractivity contribution in [2.24, 2.45) is 0 Å². The van der Waals surface area contributed by atoms with Gasteiger partial charge in [0, 0.05) is 13.5 Å². The van der Waals surface area contributed by atoms with Gasteiger partial charge >= 0.3 is 0 Å². The summed E-state index contributed by atoms with van der Waals surface area (Å²) in [6, 6.07) is 0. The lowest BCUT2D eigenvalue weighted by atomic mass is 10.1. The molecule has 0 radical (unpaired) electrons. The van der Waals surface area contributed by atoms with E-state index < -0.39 is 0 Å². The topological polar surface area (TPSA) is 29.1 Å². The van der Waals surface area contributed by atoms with E-state index in [0.29, 0.717) is 6.42 Å². The first-order valence-electron chi connectivity index (χ1n) is 4.60. The molecule has 74 valence electrons. The third kappa shape index (κ3) is 6.14. The number of carbonyl (C=O) groups is 1. The van der Waals surface area contributed by atoms with Gasteiger partial charge in [-0.15, -0.1) is 0 Å². The molecule has 0 unspecified atom stereocenters. The highest BCUT2D eigenvalue weighted by Gasteiger charge is 1.98. The van der Waals surface area contributed by atoms with E-state index in [-0.39, 0.29) is 5.91 Å². The number of allylic oxidation sites excluding steroid dienone is 4. The highest BCUT2D eigenvalue weighted by molar-refractivity contribution is 5.75. The van der Waals surface area contributed by atoms with Crippen LogP contribution in [0, 0.1) is 0 Å². The molecule has 0 bridgehead atoms. The molecule has 0 heterocycles. The molecule has 0 aliphatic heterocycles. The molecule has 2 nitrogen and oxygen atoms in total. The molecule has 0 saturated heterocycles. The number of carbonyl (C=O) groups excluding carboxylic acids is 1. The zero-order valence-electron chi connectivity index (χ0n) is 8.98. The first-order chi connectivity index (χ1) is 6.10. The maximum Gasteiger partial charge on any atom is 0.220 e. The molecule has 0 rings (SSSR count). The van der Waals surface area contributed by atoms with Crippen molar-refractivity contribution in [1.82, 2.24) is 5.32 Å². The highest BCUT2D eigenvalue weighted by Crippen LogP contribution is 2.09. The summed E-state index contributed by atoms with van der Waals surface area (Å²) >= 11 is 0. The van der Waals surface area contributed by atoms with Crippen molar-refractivity contribution in [1.29, 1.82) is 0 Å². The van der Waals surface area contributed by atoms with Crippen molar-refractivity contribution in [2.45, 2.75) is 33.6 Å². The smallest absolute Gasteiger partial charge is 0.220 e. The predicted molar refractivity (Wildman–Crippen MR) is 56.5 cm³/mol. The van der Waals surface area contributed by atoms with Crippen molar-refractivity contribution < 1.29 is 4.79 Å². The molecule has 2 heteroatoms. The lowest BCUT2D eigenvalue weighted by molar-refractivity contribution is -0.120. The molecule has 13 heavy (non-hydrogen) atoms. The molecular formula is C11H19NO. The third-order valence-corrected chi connectivity index (χ3v) is 1.76. The molecule has 0 aromatic heterocycles. The third-order valence-electron chi connectivity index (χ3n) is 1.76. The summed E-state index contributed by atoms with van der Waals surface area (Å²) in [7, 11) is 1.67. The maximum absolute atomic E-state index is 11.0. The minimum Gasteiger partial charge on any atom is -0.359 e. The molecule has 0 aliphatic rings. The van der Waals surface area contributed by atoms with E-state index in [0.717, 1.165) is 6.42 Å². The SMILES string of the molecule is CC=C(C=C(C)C)CCC(=O)NC. The normalized spacial score (nSPS) is 10.9. The summed E-state index contributed by atoms with van der Waals surface area (Å²) in [5, 5.41) is 2.61. The van der Waals surface area contributed by atoms with Gasteiger partial charge in [-0.05, 0) is 27.2 Å². The molecule has 0 spiro atoms. The number of hydrogen-bond acceptors (Lipinski definition) is 1. The Morgan fingerprint density at radius 3 is 2.31 bits per heavy atom. The maximum atomic E-state index is 11.0. The minimum absolute atomic E-state index is 0.0986. The molecular weight excluding hydrogens is 162 g/mol. The van der Waals surface area contributed by atoms with Crippen molar-refractivity contribution >= 4 is 5.91 Å². The van der Waals surface area contributed by atoms with Gasteiger partial charge in [0.05, 0.1) is 0 Å². The zero-order chi connectivity index (χ0) is 10.3. The van der Waals surface area contributed by atoms with Gasteiger partial charge in [-0.2, -0.15) is 0 Å². The number of amides is 1. The van der Waals surface area contributed by atoms with Crippen LogP contribution >= 0.6 is 0 Å². The number of nitrogens with one attached hydrogen (secondary N) is 1. The fourth-order valence-electron chi connectivity index (χ4n) is 1.05. The van der Waals surface area contributed by atoms with Crippen molar-refractivity contribution in [3.63, 3.8) is 0 Å². The first-order valence-corrected chi connectivity index (χ1v) is 4.60. The molecule has 0 saturated carbocycles. The Balaban J connectivity index is 4.03. The van der Waals surface area contributed by atoms with Gasteiger partial charge in [0.15, 0.2) is 0 Å². The zero-order valence-corrected chi connectivity index (χ0v) is 8.98. The van der Waals surface area contributed by atoms with Gasteiger partial charge in [-0.3, -0.25) is 4.79 Å². The Labute approximate surface area is 80.7 Å². The Morgan fingerprint density at radius 2 is 1.92 bits per heavy atom. The quantitative estimate of drug-likeness (QED) is 0.663. The second kappa shape index (κ2) is 6.46. The fourth-order valence-corrected chi connectivity index (χ4v) is 1.05. The highest BCUT2D eigenvalue weighted by atomic mass is 16.1. The van der Waals surface area contributed by atoms with Gasteiger partial charge in [-0.1, -0.05) is 23.3 Å². The summed E-state index contributed by atoms with van der Waals surface area (Å²) in [4.78, 5) is 11.0. The Hall–Kier alpha value is -1.05. The molecule has 0 fully saturated rings. The van der Waals surface area contributed by atoms with E-state index >= 15 is 0 Å². The van der Waals surface area contributed by atoms with Gasteiger partial charge in [0.25, 0.3) is 0 Å². The largest absolute Gasteiger partial charge is 0.359 e. The molecule has 1 N–H and O–H groups in total. The predicted octanol–water partition coefficient (Wildman–Crippen LogP) is 2.43. The lowest BCUT2D eigenvalue weighted by Gasteiger charge is -2.01. The van der Waals surface area contributed by atoms with Gasteiger partial charge < -0.3 is 5.32 Å². The average Bonchev–Trinajstić information content (AvgIpc) is 2.10. The van der Waals surface area contributed by atoms with E-state index in [1.54, 1.807) is 7.05 Å². The van der Waals surface area contributed by atoms with Crippen molar-refractivity contribution in [3.05, 3.63) is 23.3 Å². The molecule has 0 aliphatic carbocycles. The average molecular weight is 181 g/mol. The van der Waals surface area contributed by atoms with E-state index in [1.165, 1.54) is 11.1 Å².